The first-order chi connectivity index (χ1) is 5.66. The number of carbonyl (C=O) groups is 1. The molecule has 0 N–H and O–H groups in total. The summed E-state index contributed by atoms with van der Waals surface area (Å²) in [6.07, 6.45) is 1.94. The monoisotopic (exact) mass is 169 g/mol. The van der Waals surface area contributed by atoms with Gasteiger partial charge in [0, 0.05) is 12.2 Å². The van der Waals surface area contributed by atoms with Crippen LogP contribution >= 0.6 is 0 Å². The van der Waals surface area contributed by atoms with E-state index in [1.807, 2.05) is 11.8 Å². The van der Waals surface area contributed by atoms with Crippen molar-refractivity contribution in [1.29, 1.82) is 0 Å². The van der Waals surface area contributed by atoms with Gasteiger partial charge < -0.3 is 9.64 Å². The van der Waals surface area contributed by atoms with Gasteiger partial charge in [-0.25, -0.2) is 4.79 Å². The fourth-order valence-corrected chi connectivity index (χ4v) is 1.60. The maximum atomic E-state index is 11.2. The minimum atomic E-state index is -0.143. The molecule has 1 aliphatic heterocycles. The number of nitrogens with zero attached hydrogens (tertiary/aromatic N) is 1. The van der Waals surface area contributed by atoms with E-state index in [2.05, 4.69) is 6.58 Å². The van der Waals surface area contributed by atoms with Gasteiger partial charge in [0.1, 0.15) is 6.04 Å². The number of ether oxygens (including phenoxy) is 1. The van der Waals surface area contributed by atoms with Crippen molar-refractivity contribution in [3.05, 3.63) is 12.3 Å². The molecule has 0 bridgehead atoms. The van der Waals surface area contributed by atoms with Gasteiger partial charge in [-0.3, -0.25) is 0 Å². The molecule has 0 aromatic rings. The number of methoxy groups -OCH3 is 1. The molecule has 1 unspecified atom stereocenters. The Hall–Kier alpha value is -0.990. The third-order valence-corrected chi connectivity index (χ3v) is 2.22. The summed E-state index contributed by atoms with van der Waals surface area (Å²) in [6.45, 7) is 6.67. The molecule has 1 atom stereocenters. The Morgan fingerprint density at radius 1 is 1.67 bits per heavy atom. The Morgan fingerprint density at radius 3 is 2.83 bits per heavy atom. The van der Waals surface area contributed by atoms with Crippen LogP contribution < -0.4 is 0 Å². The summed E-state index contributed by atoms with van der Waals surface area (Å²) in [4.78, 5) is 13.2. The normalized spacial score (nSPS) is 22.5. The van der Waals surface area contributed by atoms with Crippen molar-refractivity contribution in [2.75, 3.05) is 13.7 Å². The molecule has 1 saturated heterocycles. The van der Waals surface area contributed by atoms with Crippen LogP contribution in [0.5, 0.6) is 0 Å². The summed E-state index contributed by atoms with van der Waals surface area (Å²) >= 11 is 0. The number of carbonyl (C=O) groups excluding carboxylic acids is 1. The molecule has 1 rings (SSSR count). The Morgan fingerprint density at radius 2 is 2.33 bits per heavy atom. The van der Waals surface area contributed by atoms with E-state index in [1.54, 1.807) is 0 Å². The SMILES string of the molecule is C=C(C)N1CCCC1C(=O)OC. The Bertz CT molecular complexity index is 201. The van der Waals surface area contributed by atoms with E-state index < -0.39 is 0 Å². The average Bonchev–Trinajstić information content (AvgIpc) is 2.50. The number of hydrogen-bond donors (Lipinski definition) is 0. The van der Waals surface area contributed by atoms with Crippen LogP contribution in [0.3, 0.4) is 0 Å². The van der Waals surface area contributed by atoms with E-state index in [0.29, 0.717) is 0 Å². The van der Waals surface area contributed by atoms with E-state index in [4.69, 9.17) is 4.74 Å². The Kier molecular flexibility index (Phi) is 2.74. The molecule has 3 heteroatoms. The van der Waals surface area contributed by atoms with Crippen molar-refractivity contribution in [2.45, 2.75) is 25.8 Å². The number of hydrogen-bond acceptors (Lipinski definition) is 3. The van der Waals surface area contributed by atoms with Gasteiger partial charge in [-0.05, 0) is 19.8 Å². The standard InChI is InChI=1S/C9H15NO2/c1-7(2)10-6-4-5-8(10)9(11)12-3/h8H,1,4-6H2,2-3H3. The lowest BCUT2D eigenvalue weighted by atomic mass is 10.2. The third-order valence-electron chi connectivity index (χ3n) is 2.22. The van der Waals surface area contributed by atoms with Crippen molar-refractivity contribution in [3.8, 4) is 0 Å². The van der Waals surface area contributed by atoms with E-state index >= 15 is 0 Å². The lowest BCUT2D eigenvalue weighted by Gasteiger charge is -2.24. The van der Waals surface area contributed by atoms with Gasteiger partial charge in [-0.2, -0.15) is 0 Å². The molecule has 0 radical (unpaired) electrons. The van der Waals surface area contributed by atoms with Crippen molar-refractivity contribution in [2.24, 2.45) is 0 Å². The molecule has 0 amide bonds. The molecule has 68 valence electrons. The number of rotatable bonds is 2. The summed E-state index contributed by atoms with van der Waals surface area (Å²) in [5.41, 5.74) is 0.947. The zero-order valence-electron chi connectivity index (χ0n) is 7.67. The zero-order valence-corrected chi connectivity index (χ0v) is 7.67. The molecule has 0 aromatic heterocycles. The first-order valence-corrected chi connectivity index (χ1v) is 4.17. The largest absolute Gasteiger partial charge is 0.467 e. The predicted octanol–water partition coefficient (Wildman–Crippen LogP) is 1.16. The van der Waals surface area contributed by atoms with Gasteiger partial charge in [-0.1, -0.05) is 6.58 Å². The molecule has 0 aliphatic carbocycles. The minimum Gasteiger partial charge on any atom is -0.467 e. The van der Waals surface area contributed by atoms with Gasteiger partial charge >= 0.3 is 5.97 Å². The molecule has 1 fully saturated rings. The van der Waals surface area contributed by atoms with E-state index in [0.717, 1.165) is 25.1 Å². The summed E-state index contributed by atoms with van der Waals surface area (Å²) in [5, 5.41) is 0. The van der Waals surface area contributed by atoms with Crippen molar-refractivity contribution >= 4 is 5.97 Å². The molecule has 0 saturated carbocycles. The fraction of sp³-hybridized carbons (Fsp3) is 0.667. The maximum absolute atomic E-state index is 11.2. The second kappa shape index (κ2) is 3.61. The Labute approximate surface area is 73.0 Å². The Balaban J connectivity index is 2.63. The van der Waals surface area contributed by atoms with Crippen LogP contribution in [-0.4, -0.2) is 30.6 Å². The number of esters is 1. The highest BCUT2D eigenvalue weighted by molar-refractivity contribution is 5.76. The van der Waals surface area contributed by atoms with Gasteiger partial charge in [0.05, 0.1) is 7.11 Å². The smallest absolute Gasteiger partial charge is 0.328 e. The fourth-order valence-electron chi connectivity index (χ4n) is 1.60. The predicted molar refractivity (Wildman–Crippen MR) is 46.6 cm³/mol. The zero-order chi connectivity index (χ0) is 9.14. The van der Waals surface area contributed by atoms with Crippen LogP contribution in [-0.2, 0) is 9.53 Å². The summed E-state index contributed by atoms with van der Waals surface area (Å²) in [6, 6.07) is -0.0903. The first-order valence-electron chi connectivity index (χ1n) is 4.17. The minimum absolute atomic E-state index is 0.0903. The summed E-state index contributed by atoms with van der Waals surface area (Å²) in [5.74, 6) is -0.143. The summed E-state index contributed by atoms with van der Waals surface area (Å²) in [7, 11) is 1.43. The maximum Gasteiger partial charge on any atom is 0.328 e. The van der Waals surface area contributed by atoms with E-state index in [1.165, 1.54) is 7.11 Å². The molecule has 1 aliphatic rings. The lowest BCUT2D eigenvalue weighted by Crippen LogP contribution is -2.35. The molecule has 0 spiro atoms. The van der Waals surface area contributed by atoms with Crippen molar-refractivity contribution < 1.29 is 9.53 Å². The van der Waals surface area contributed by atoms with Crippen LogP contribution in [0.2, 0.25) is 0 Å². The van der Waals surface area contributed by atoms with E-state index in [9.17, 15) is 4.79 Å². The van der Waals surface area contributed by atoms with Gasteiger partial charge in [-0.15, -0.1) is 0 Å². The molecule has 12 heavy (non-hydrogen) atoms. The lowest BCUT2D eigenvalue weighted by molar-refractivity contribution is -0.145. The number of allylic oxidation sites excluding steroid dienone is 1. The average molecular weight is 169 g/mol. The van der Waals surface area contributed by atoms with Crippen molar-refractivity contribution in [3.63, 3.8) is 0 Å². The molecule has 1 heterocycles. The van der Waals surface area contributed by atoms with Gasteiger partial charge in [0.15, 0.2) is 0 Å². The van der Waals surface area contributed by atoms with Crippen LogP contribution in [0.4, 0.5) is 0 Å². The topological polar surface area (TPSA) is 29.5 Å². The second-order valence-electron chi connectivity index (χ2n) is 3.11. The second-order valence-corrected chi connectivity index (χ2v) is 3.11. The van der Waals surface area contributed by atoms with Crippen LogP contribution in [0.15, 0.2) is 12.3 Å². The molecule has 3 nitrogen and oxygen atoms in total. The highest BCUT2D eigenvalue weighted by atomic mass is 16.5. The molecular formula is C9H15NO2. The van der Waals surface area contributed by atoms with Gasteiger partial charge in [0.25, 0.3) is 0 Å². The first kappa shape index (κ1) is 9.10. The highest BCUT2D eigenvalue weighted by Gasteiger charge is 2.30. The molecular weight excluding hydrogens is 154 g/mol. The number of likely N-dealkylation sites (tertiary alicyclic amines) is 1. The van der Waals surface area contributed by atoms with Crippen LogP contribution in [0, 0.1) is 0 Å². The molecule has 0 aromatic carbocycles. The third kappa shape index (κ3) is 1.60. The quantitative estimate of drug-likeness (QED) is 0.581. The highest BCUT2D eigenvalue weighted by Crippen LogP contribution is 2.21. The van der Waals surface area contributed by atoms with Crippen molar-refractivity contribution in [1.82, 2.24) is 4.90 Å². The van der Waals surface area contributed by atoms with Crippen LogP contribution in [0.25, 0.3) is 0 Å². The van der Waals surface area contributed by atoms with E-state index in [-0.39, 0.29) is 12.0 Å². The van der Waals surface area contributed by atoms with Crippen LogP contribution in [0.1, 0.15) is 19.8 Å². The van der Waals surface area contributed by atoms with Gasteiger partial charge in [0.2, 0.25) is 0 Å². The summed E-state index contributed by atoms with van der Waals surface area (Å²) < 4.78 is 4.69.